The van der Waals surface area contributed by atoms with Gasteiger partial charge in [-0.05, 0) is 49.9 Å². The van der Waals surface area contributed by atoms with E-state index < -0.39 is 12.5 Å². The van der Waals surface area contributed by atoms with Gasteiger partial charge in [-0.3, -0.25) is 9.36 Å². The third-order valence-corrected chi connectivity index (χ3v) is 6.66. The lowest BCUT2D eigenvalue weighted by molar-refractivity contribution is -0.137. The molecule has 0 saturated heterocycles. The van der Waals surface area contributed by atoms with Gasteiger partial charge >= 0.3 is 5.97 Å². The van der Waals surface area contributed by atoms with Gasteiger partial charge in [0.2, 0.25) is 0 Å². The number of allylic oxidation sites excluding steroid dienone is 4. The van der Waals surface area contributed by atoms with Gasteiger partial charge in [0.25, 0.3) is 0 Å². The van der Waals surface area contributed by atoms with E-state index in [0.717, 1.165) is 17.4 Å². The molecule has 0 spiro atoms. The third-order valence-electron chi connectivity index (χ3n) is 6.66. The number of hydrogen-bond acceptors (Lipinski definition) is 3. The molecule has 0 radical (unpaired) electrons. The summed E-state index contributed by atoms with van der Waals surface area (Å²) in [5.74, 6) is -1.35. The number of carboxylic acids is 1. The van der Waals surface area contributed by atoms with Crippen LogP contribution in [0.3, 0.4) is 0 Å². The van der Waals surface area contributed by atoms with Crippen molar-refractivity contribution in [3.05, 3.63) is 34.4 Å². The number of fused-ring (bicyclic) bond motifs is 1. The van der Waals surface area contributed by atoms with Crippen LogP contribution in [0.5, 0.6) is 11.8 Å². The molecule has 5 heteroatoms. The van der Waals surface area contributed by atoms with Crippen molar-refractivity contribution in [3.63, 3.8) is 0 Å². The molecule has 0 aliphatic heterocycles. The second-order valence-electron chi connectivity index (χ2n) is 9.64. The van der Waals surface area contributed by atoms with Gasteiger partial charge in [-0.25, -0.2) is 0 Å². The van der Waals surface area contributed by atoms with Gasteiger partial charge < -0.3 is 15.3 Å². The van der Waals surface area contributed by atoms with Crippen molar-refractivity contribution in [1.29, 1.82) is 0 Å². The van der Waals surface area contributed by atoms with Gasteiger partial charge in [0.05, 0.1) is 0 Å². The molecule has 5 nitrogen and oxygen atoms in total. The van der Waals surface area contributed by atoms with Crippen molar-refractivity contribution < 1.29 is 20.1 Å². The Hall–Kier alpha value is -2.17. The van der Waals surface area contributed by atoms with Gasteiger partial charge in [-0.15, -0.1) is 0 Å². The highest BCUT2D eigenvalue weighted by Gasteiger charge is 2.31. The van der Waals surface area contributed by atoms with Gasteiger partial charge in [0, 0.05) is 11.1 Å². The summed E-state index contributed by atoms with van der Waals surface area (Å²) >= 11 is 0. The van der Waals surface area contributed by atoms with Crippen LogP contribution in [0.1, 0.15) is 78.4 Å². The Morgan fingerprint density at radius 1 is 1.14 bits per heavy atom. The summed E-state index contributed by atoms with van der Waals surface area (Å²) < 4.78 is 1.08. The summed E-state index contributed by atoms with van der Waals surface area (Å²) in [6, 6.07) is 0. The molecule has 1 aliphatic carbocycles. The lowest BCUT2D eigenvalue weighted by atomic mass is 9.74. The Balaban J connectivity index is 2.12. The largest absolute Gasteiger partial charge is 0.494 e. The maximum absolute atomic E-state index is 11.0. The number of aliphatic carboxylic acids is 1. The fraction of sp³-hybridized carbons (Fsp3) is 0.625. The van der Waals surface area contributed by atoms with E-state index in [-0.39, 0.29) is 22.6 Å². The first-order valence-corrected chi connectivity index (χ1v) is 10.6. The molecule has 1 heterocycles. The van der Waals surface area contributed by atoms with E-state index in [1.807, 2.05) is 0 Å². The van der Waals surface area contributed by atoms with Crippen molar-refractivity contribution in [1.82, 2.24) is 4.57 Å². The maximum Gasteiger partial charge on any atom is 0.323 e. The lowest BCUT2D eigenvalue weighted by Gasteiger charge is -2.31. The van der Waals surface area contributed by atoms with Crippen LogP contribution in [0.2, 0.25) is 0 Å². The number of nitrogens with zero attached hydrogens (tertiary/aromatic N) is 1. The van der Waals surface area contributed by atoms with Crippen molar-refractivity contribution >= 4 is 5.97 Å². The quantitative estimate of drug-likeness (QED) is 0.470. The number of carboxylic acid groups (broad SMARTS) is 1. The van der Waals surface area contributed by atoms with Crippen molar-refractivity contribution in [2.75, 3.05) is 0 Å². The van der Waals surface area contributed by atoms with Crippen molar-refractivity contribution in [2.24, 2.45) is 10.8 Å². The highest BCUT2D eigenvalue weighted by atomic mass is 16.4. The first-order chi connectivity index (χ1) is 13.4. The van der Waals surface area contributed by atoms with E-state index in [2.05, 4.69) is 53.7 Å². The van der Waals surface area contributed by atoms with Crippen LogP contribution < -0.4 is 0 Å². The Morgan fingerprint density at radius 2 is 1.76 bits per heavy atom. The van der Waals surface area contributed by atoms with E-state index in [1.54, 1.807) is 0 Å². The number of aromatic nitrogens is 1. The minimum absolute atomic E-state index is 0.0413. The molecular weight excluding hydrogens is 366 g/mol. The SMILES string of the molecule is CCCC(C)(C)C(C)=CCCC(C)(C)C1=CCc2c(c(O)n(CC(=O)O)c2O)C1. The Morgan fingerprint density at radius 3 is 2.34 bits per heavy atom. The van der Waals surface area contributed by atoms with E-state index in [1.165, 1.54) is 24.0 Å². The number of rotatable bonds is 9. The van der Waals surface area contributed by atoms with E-state index in [0.29, 0.717) is 24.0 Å². The smallest absolute Gasteiger partial charge is 0.323 e. The summed E-state index contributed by atoms with van der Waals surface area (Å²) in [6.07, 6.45) is 9.89. The van der Waals surface area contributed by atoms with Crippen LogP contribution in [0, 0.1) is 10.8 Å². The van der Waals surface area contributed by atoms with Crippen LogP contribution in [0.15, 0.2) is 23.3 Å². The topological polar surface area (TPSA) is 82.7 Å². The van der Waals surface area contributed by atoms with E-state index in [4.69, 9.17) is 5.11 Å². The molecule has 0 aromatic carbocycles. The second-order valence-corrected chi connectivity index (χ2v) is 9.64. The zero-order valence-electron chi connectivity index (χ0n) is 18.8. The molecule has 1 aromatic rings. The summed E-state index contributed by atoms with van der Waals surface area (Å²) in [4.78, 5) is 11.0. The summed E-state index contributed by atoms with van der Waals surface area (Å²) in [6.45, 7) is 13.0. The van der Waals surface area contributed by atoms with Crippen molar-refractivity contribution in [2.45, 2.75) is 86.6 Å². The number of carbonyl (C=O) groups is 1. The zero-order valence-corrected chi connectivity index (χ0v) is 18.8. The Kier molecular flexibility index (Phi) is 6.92. The maximum atomic E-state index is 11.0. The first kappa shape index (κ1) is 23.1. The highest BCUT2D eigenvalue weighted by Crippen LogP contribution is 2.44. The van der Waals surface area contributed by atoms with Crippen LogP contribution in [0.4, 0.5) is 0 Å². The number of aromatic hydroxyl groups is 2. The molecule has 0 amide bonds. The predicted octanol–water partition coefficient (Wildman–Crippen LogP) is 5.59. The van der Waals surface area contributed by atoms with E-state index in [9.17, 15) is 15.0 Å². The summed E-state index contributed by atoms with van der Waals surface area (Å²) in [7, 11) is 0. The second kappa shape index (κ2) is 8.68. The van der Waals surface area contributed by atoms with Gasteiger partial charge in [-0.1, -0.05) is 64.3 Å². The van der Waals surface area contributed by atoms with Crippen molar-refractivity contribution in [3.8, 4) is 11.8 Å². The first-order valence-electron chi connectivity index (χ1n) is 10.6. The van der Waals surface area contributed by atoms with Gasteiger partial charge in [0.1, 0.15) is 6.54 Å². The van der Waals surface area contributed by atoms with Crippen LogP contribution in [0.25, 0.3) is 0 Å². The standard InChI is InChI=1S/C24H37NO4/c1-7-12-23(3,4)16(2)9-8-13-24(5,6)17-10-11-18-19(14-17)22(29)25(21(18)28)15-20(26)27/h9-10,28-29H,7-8,11-15H2,1-6H3,(H,26,27). The predicted molar refractivity (Wildman–Crippen MR) is 116 cm³/mol. The molecule has 162 valence electrons. The minimum Gasteiger partial charge on any atom is -0.494 e. The fourth-order valence-electron chi connectivity index (χ4n) is 4.29. The molecule has 0 fully saturated rings. The molecule has 0 unspecified atom stereocenters. The molecule has 1 aliphatic rings. The molecule has 0 atom stereocenters. The molecule has 2 rings (SSSR count). The number of hydrogen-bond donors (Lipinski definition) is 3. The molecule has 29 heavy (non-hydrogen) atoms. The van der Waals surface area contributed by atoms with Crippen LogP contribution in [-0.4, -0.2) is 25.9 Å². The Bertz CT molecular complexity index is 824. The molecular formula is C24H37NO4. The minimum atomic E-state index is -1.09. The van der Waals surface area contributed by atoms with Crippen LogP contribution >= 0.6 is 0 Å². The van der Waals surface area contributed by atoms with E-state index >= 15 is 0 Å². The Labute approximate surface area is 174 Å². The average Bonchev–Trinajstić information content (AvgIpc) is 2.85. The highest BCUT2D eigenvalue weighted by molar-refractivity contribution is 5.68. The normalized spacial score (nSPS) is 15.2. The van der Waals surface area contributed by atoms with Gasteiger partial charge in [0.15, 0.2) is 11.8 Å². The molecule has 0 saturated carbocycles. The third kappa shape index (κ3) is 5.06. The molecule has 3 N–H and O–H groups in total. The summed E-state index contributed by atoms with van der Waals surface area (Å²) in [5, 5.41) is 29.8. The summed E-state index contributed by atoms with van der Waals surface area (Å²) in [5.41, 5.74) is 4.15. The zero-order chi connectivity index (χ0) is 22.0. The van der Waals surface area contributed by atoms with Gasteiger partial charge in [-0.2, -0.15) is 0 Å². The molecule has 0 bridgehead atoms. The molecule has 1 aromatic heterocycles. The van der Waals surface area contributed by atoms with Crippen LogP contribution in [-0.2, 0) is 24.2 Å². The average molecular weight is 404 g/mol. The monoisotopic (exact) mass is 403 g/mol. The lowest BCUT2D eigenvalue weighted by Crippen LogP contribution is -2.19. The fourth-order valence-corrected chi connectivity index (χ4v) is 4.29.